The van der Waals surface area contributed by atoms with Crippen molar-refractivity contribution in [3.63, 3.8) is 0 Å². The van der Waals surface area contributed by atoms with Gasteiger partial charge in [-0.05, 0) is 29.3 Å². The molecule has 4 aromatic rings. The number of rotatable bonds is 6. The molecule has 0 bridgehead atoms. The molecule has 1 aliphatic rings. The van der Waals surface area contributed by atoms with Crippen molar-refractivity contribution in [3.05, 3.63) is 76.6 Å². The Morgan fingerprint density at radius 3 is 2.76 bits per heavy atom. The number of nitrogens with zero attached hydrogens (tertiary/aromatic N) is 4. The van der Waals surface area contributed by atoms with E-state index in [-0.39, 0.29) is 6.54 Å². The lowest BCUT2D eigenvalue weighted by Gasteiger charge is -2.41. The zero-order valence-corrected chi connectivity index (χ0v) is 18.8. The maximum atomic E-state index is 10.6. The van der Waals surface area contributed by atoms with Crippen molar-refractivity contribution in [2.45, 2.75) is 43.5 Å². The summed E-state index contributed by atoms with van der Waals surface area (Å²) < 4.78 is 13.0. The number of halogens is 1. The van der Waals surface area contributed by atoms with E-state index in [1.807, 2.05) is 18.2 Å². The monoisotopic (exact) mass is 488 g/mol. The normalized spacial score (nSPS) is 25.4. The minimum Gasteiger partial charge on any atom is -0.463 e. The van der Waals surface area contributed by atoms with Crippen molar-refractivity contribution >= 4 is 22.9 Å². The predicted octanol–water partition coefficient (Wildman–Crippen LogP) is 2.46. The van der Waals surface area contributed by atoms with Gasteiger partial charge in [-0.3, -0.25) is 4.68 Å². The Morgan fingerprint density at radius 1 is 1.12 bits per heavy atom. The second-order valence-electron chi connectivity index (χ2n) is 7.81. The molecule has 5 rings (SSSR count). The van der Waals surface area contributed by atoms with E-state index in [1.54, 1.807) is 24.6 Å². The lowest BCUT2D eigenvalue weighted by atomic mass is 9.90. The van der Waals surface area contributed by atoms with Gasteiger partial charge in [-0.1, -0.05) is 23.7 Å². The zero-order chi connectivity index (χ0) is 22.9. The van der Waals surface area contributed by atoms with Crippen LogP contribution in [0.4, 0.5) is 0 Å². The molecule has 4 heterocycles. The second kappa shape index (κ2) is 9.34. The highest BCUT2D eigenvalue weighted by atomic mass is 35.5. The largest absolute Gasteiger partial charge is 0.463 e. The van der Waals surface area contributed by atoms with Crippen LogP contribution in [0.25, 0.3) is 10.6 Å². The molecule has 0 spiro atoms. The van der Waals surface area contributed by atoms with Gasteiger partial charge >= 0.3 is 0 Å². The van der Waals surface area contributed by atoms with Crippen LogP contribution < -0.4 is 0 Å². The minimum atomic E-state index is -1.38. The van der Waals surface area contributed by atoms with Crippen LogP contribution in [-0.4, -0.2) is 59.5 Å². The van der Waals surface area contributed by atoms with Gasteiger partial charge in [0.15, 0.2) is 0 Å². The smallest absolute Gasteiger partial charge is 0.145 e. The van der Waals surface area contributed by atoms with Gasteiger partial charge in [0.25, 0.3) is 0 Å². The van der Waals surface area contributed by atoms with Crippen molar-refractivity contribution in [2.75, 3.05) is 0 Å². The van der Waals surface area contributed by atoms with Gasteiger partial charge in [-0.2, -0.15) is 5.10 Å². The summed E-state index contributed by atoms with van der Waals surface area (Å²) in [6.45, 7) is 0.177. The first-order chi connectivity index (χ1) is 16.0. The summed E-state index contributed by atoms with van der Waals surface area (Å²) in [5.41, 5.74) is 1.44. The van der Waals surface area contributed by atoms with Crippen molar-refractivity contribution in [3.8, 4) is 10.6 Å². The first kappa shape index (κ1) is 22.2. The quantitative estimate of drug-likeness (QED) is 0.378. The highest BCUT2D eigenvalue weighted by molar-refractivity contribution is 7.15. The Labute approximate surface area is 197 Å². The molecule has 11 heteroatoms. The van der Waals surface area contributed by atoms with Crippen molar-refractivity contribution in [2.24, 2.45) is 0 Å². The van der Waals surface area contributed by atoms with Crippen LogP contribution in [0, 0.1) is 0 Å². The number of benzene rings is 1. The fourth-order valence-corrected chi connectivity index (χ4v) is 4.98. The van der Waals surface area contributed by atoms with E-state index in [9.17, 15) is 15.3 Å². The molecule has 9 nitrogen and oxygen atoms in total. The SMILES string of the molecule is O[C@H]1[C@H](O)[C@@H](Cn2cncn2)O[C@@H](c2ccc(Cl)c(Cc3ncc(-c4ccco4)s3)c2)[C@H]1O. The maximum Gasteiger partial charge on any atom is 0.145 e. The molecule has 0 radical (unpaired) electrons. The molecule has 1 aliphatic heterocycles. The minimum absolute atomic E-state index is 0.177. The Balaban J connectivity index is 1.38. The summed E-state index contributed by atoms with van der Waals surface area (Å²) in [6, 6.07) is 9.01. The van der Waals surface area contributed by atoms with E-state index in [2.05, 4.69) is 15.1 Å². The molecule has 0 unspecified atom stereocenters. The van der Waals surface area contributed by atoms with Gasteiger partial charge in [0.05, 0.1) is 22.7 Å². The molecule has 0 amide bonds. The van der Waals surface area contributed by atoms with Crippen molar-refractivity contribution in [1.82, 2.24) is 19.7 Å². The zero-order valence-electron chi connectivity index (χ0n) is 17.2. The Morgan fingerprint density at radius 2 is 2.00 bits per heavy atom. The average molecular weight is 489 g/mol. The molecule has 1 aromatic carbocycles. The van der Waals surface area contributed by atoms with Crippen LogP contribution in [0.3, 0.4) is 0 Å². The van der Waals surface area contributed by atoms with Crippen molar-refractivity contribution in [1.29, 1.82) is 0 Å². The summed E-state index contributed by atoms with van der Waals surface area (Å²) in [5.74, 6) is 0.753. The summed E-state index contributed by atoms with van der Waals surface area (Å²) in [6.07, 6.45) is 1.11. The molecule has 3 N–H and O–H groups in total. The number of thiazole rings is 1. The molecular weight excluding hydrogens is 468 g/mol. The Kier molecular flexibility index (Phi) is 6.28. The number of aromatic nitrogens is 4. The first-order valence-electron chi connectivity index (χ1n) is 10.3. The van der Waals surface area contributed by atoms with E-state index in [0.717, 1.165) is 21.2 Å². The number of ether oxygens (including phenoxy) is 1. The number of hydrogen-bond acceptors (Lipinski definition) is 9. The van der Waals surface area contributed by atoms with Gasteiger partial charge in [0.2, 0.25) is 0 Å². The molecule has 1 saturated heterocycles. The standard InChI is InChI=1S/C22H21ClN4O5S/c23-14-4-3-12(6-13(14)7-18-25-8-17(33-18)15-2-1-5-31-15)22-21(30)20(29)19(28)16(32-22)9-27-11-24-10-26-27/h1-6,8,10-11,16,19-22,28-30H,7,9H2/t16-,19-,20+,21+,22+/m1/s1. The van der Waals surface area contributed by atoms with E-state index in [4.69, 9.17) is 20.8 Å². The summed E-state index contributed by atoms with van der Waals surface area (Å²) in [5, 5.41) is 36.9. The van der Waals surface area contributed by atoms with Gasteiger partial charge in [-0.15, -0.1) is 11.3 Å². The van der Waals surface area contributed by atoms with Crippen LogP contribution in [0.15, 0.2) is 59.9 Å². The summed E-state index contributed by atoms with van der Waals surface area (Å²) in [7, 11) is 0. The molecule has 33 heavy (non-hydrogen) atoms. The third-order valence-corrected chi connectivity index (χ3v) is 6.98. The molecule has 172 valence electrons. The van der Waals surface area contributed by atoms with Crippen LogP contribution in [0.5, 0.6) is 0 Å². The highest BCUT2D eigenvalue weighted by Crippen LogP contribution is 2.35. The fraction of sp³-hybridized carbons (Fsp3) is 0.318. The van der Waals surface area contributed by atoms with Crippen LogP contribution in [0.2, 0.25) is 5.02 Å². The maximum absolute atomic E-state index is 10.6. The van der Waals surface area contributed by atoms with E-state index < -0.39 is 30.5 Å². The van der Waals surface area contributed by atoms with Crippen LogP contribution in [0.1, 0.15) is 22.2 Å². The van der Waals surface area contributed by atoms with Gasteiger partial charge in [-0.25, -0.2) is 9.97 Å². The third kappa shape index (κ3) is 4.58. The fourth-order valence-electron chi connectivity index (χ4n) is 3.88. The predicted molar refractivity (Wildman–Crippen MR) is 120 cm³/mol. The molecule has 1 fully saturated rings. The molecular formula is C22H21ClN4O5S. The lowest BCUT2D eigenvalue weighted by Crippen LogP contribution is -2.55. The number of furan rings is 1. The Bertz CT molecular complexity index is 1200. The van der Waals surface area contributed by atoms with Gasteiger partial charge in [0.1, 0.15) is 48.9 Å². The van der Waals surface area contributed by atoms with E-state index >= 15 is 0 Å². The lowest BCUT2D eigenvalue weighted by molar-refractivity contribution is -0.228. The molecule has 5 atom stereocenters. The molecule has 3 aromatic heterocycles. The Hall–Kier alpha value is -2.60. The molecule has 0 saturated carbocycles. The van der Waals surface area contributed by atoms with E-state index in [1.165, 1.54) is 28.7 Å². The summed E-state index contributed by atoms with van der Waals surface area (Å²) in [4.78, 5) is 9.27. The summed E-state index contributed by atoms with van der Waals surface area (Å²) >= 11 is 7.96. The topological polar surface area (TPSA) is 127 Å². The van der Waals surface area contributed by atoms with Gasteiger partial charge < -0.3 is 24.5 Å². The number of aliphatic hydroxyl groups excluding tert-OH is 3. The second-order valence-corrected chi connectivity index (χ2v) is 9.33. The number of hydrogen-bond donors (Lipinski definition) is 3. The number of aliphatic hydroxyl groups is 3. The van der Waals surface area contributed by atoms with Gasteiger partial charge in [0, 0.05) is 17.6 Å². The first-order valence-corrected chi connectivity index (χ1v) is 11.5. The van der Waals surface area contributed by atoms with Crippen LogP contribution in [-0.2, 0) is 17.7 Å². The van der Waals surface area contributed by atoms with Crippen molar-refractivity contribution < 1.29 is 24.5 Å². The third-order valence-electron chi connectivity index (χ3n) is 5.60. The highest BCUT2D eigenvalue weighted by Gasteiger charge is 2.44. The van der Waals surface area contributed by atoms with Crippen LogP contribution >= 0.6 is 22.9 Å². The van der Waals surface area contributed by atoms with E-state index in [0.29, 0.717) is 17.0 Å². The average Bonchev–Trinajstić information content (AvgIpc) is 3.58. The molecule has 0 aliphatic carbocycles.